The van der Waals surface area contributed by atoms with Crippen LogP contribution in [0.15, 0.2) is 35.4 Å². The number of carbonyl (C=O) groups is 1. The van der Waals surface area contributed by atoms with Gasteiger partial charge in [-0.05, 0) is 43.4 Å². The third-order valence-corrected chi connectivity index (χ3v) is 7.73. The summed E-state index contributed by atoms with van der Waals surface area (Å²) in [5.74, 6) is -0.0783. The largest absolute Gasteiger partial charge is 0.360 e. The fraction of sp³-hybridized carbons (Fsp3) is 0.364. The zero-order chi connectivity index (χ0) is 21.2. The highest BCUT2D eigenvalue weighted by Crippen LogP contribution is 2.33. The summed E-state index contributed by atoms with van der Waals surface area (Å²) in [7, 11) is 0. The molecule has 0 aliphatic heterocycles. The molecule has 1 aliphatic rings. The zero-order valence-corrected chi connectivity index (χ0v) is 18.7. The molecule has 0 bridgehead atoms. The normalized spacial score (nSPS) is 13.4. The highest BCUT2D eigenvalue weighted by atomic mass is 32.1. The molecule has 1 aromatic carbocycles. The second kappa shape index (κ2) is 8.76. The number of aromatic nitrogens is 3. The third kappa shape index (κ3) is 4.20. The number of nitrogens with zero attached hydrogens (tertiary/aromatic N) is 3. The number of amides is 1. The highest BCUT2D eigenvalue weighted by Gasteiger charge is 2.20. The van der Waals surface area contributed by atoms with Crippen LogP contribution in [0.5, 0.6) is 0 Å². The van der Waals surface area contributed by atoms with E-state index in [1.165, 1.54) is 16.9 Å². The molecule has 31 heavy (non-hydrogen) atoms. The lowest BCUT2D eigenvalue weighted by molar-refractivity contribution is -0.121. The first-order valence-corrected chi connectivity index (χ1v) is 12.2. The van der Waals surface area contributed by atoms with Gasteiger partial charge in [-0.25, -0.2) is 9.97 Å². The quantitative estimate of drug-likeness (QED) is 0.418. The van der Waals surface area contributed by atoms with Crippen LogP contribution in [0.2, 0.25) is 0 Å². The fourth-order valence-electron chi connectivity index (χ4n) is 3.97. The first-order chi connectivity index (χ1) is 15.2. The maximum atomic E-state index is 12.9. The molecule has 3 aromatic heterocycles. The number of nitrogens with one attached hydrogen (secondary N) is 2. The van der Waals surface area contributed by atoms with Crippen LogP contribution in [0, 0.1) is 0 Å². The van der Waals surface area contributed by atoms with Crippen LogP contribution in [0.3, 0.4) is 0 Å². The Morgan fingerprint density at radius 3 is 2.90 bits per heavy atom. The van der Waals surface area contributed by atoms with E-state index in [0.29, 0.717) is 19.6 Å². The molecule has 1 amide bonds. The van der Waals surface area contributed by atoms with Gasteiger partial charge in [0.1, 0.15) is 4.83 Å². The van der Waals surface area contributed by atoms with Gasteiger partial charge in [0.05, 0.1) is 21.9 Å². The fourth-order valence-corrected chi connectivity index (χ4v) is 6.08. The van der Waals surface area contributed by atoms with Crippen molar-refractivity contribution in [1.29, 1.82) is 0 Å². The molecule has 1 aliphatic carbocycles. The number of thiazole rings is 1. The minimum absolute atomic E-state index is 0.0188. The standard InChI is InChI=1S/C22H23N5O2S2/c28-18(23-10-11-24-22-26-15-6-2-4-8-17(15)31-22)9-12-27-13-25-20-19(21(27)29)14-5-1-3-7-16(14)30-20/h2,4,6,8,13H,1,3,5,7,9-12H2,(H,23,28)(H,24,26). The van der Waals surface area contributed by atoms with E-state index in [4.69, 9.17) is 0 Å². The number of benzene rings is 1. The molecule has 0 radical (unpaired) electrons. The molecule has 4 aromatic rings. The zero-order valence-electron chi connectivity index (χ0n) is 17.0. The Morgan fingerprint density at radius 1 is 1.13 bits per heavy atom. The molecule has 3 heterocycles. The Kier molecular flexibility index (Phi) is 5.69. The molecule has 0 saturated carbocycles. The Labute approximate surface area is 187 Å². The van der Waals surface area contributed by atoms with Crippen molar-refractivity contribution >= 4 is 54.1 Å². The van der Waals surface area contributed by atoms with Crippen molar-refractivity contribution in [1.82, 2.24) is 19.9 Å². The summed E-state index contributed by atoms with van der Waals surface area (Å²) in [4.78, 5) is 36.3. The van der Waals surface area contributed by atoms with Crippen LogP contribution < -0.4 is 16.2 Å². The van der Waals surface area contributed by atoms with Gasteiger partial charge in [0, 0.05) is 30.9 Å². The number of hydrogen-bond acceptors (Lipinski definition) is 7. The van der Waals surface area contributed by atoms with Gasteiger partial charge in [0.25, 0.3) is 5.56 Å². The van der Waals surface area contributed by atoms with Gasteiger partial charge in [-0.15, -0.1) is 11.3 Å². The van der Waals surface area contributed by atoms with E-state index in [2.05, 4.69) is 20.6 Å². The minimum Gasteiger partial charge on any atom is -0.360 e. The molecular weight excluding hydrogens is 430 g/mol. The van der Waals surface area contributed by atoms with E-state index in [-0.39, 0.29) is 17.9 Å². The Balaban J connectivity index is 1.14. The van der Waals surface area contributed by atoms with E-state index >= 15 is 0 Å². The van der Waals surface area contributed by atoms with Gasteiger partial charge in [-0.3, -0.25) is 14.2 Å². The molecule has 9 heteroatoms. The number of anilines is 1. The van der Waals surface area contributed by atoms with Gasteiger partial charge < -0.3 is 10.6 Å². The third-order valence-electron chi connectivity index (χ3n) is 5.54. The lowest BCUT2D eigenvalue weighted by Gasteiger charge is -2.10. The second-order valence-electron chi connectivity index (χ2n) is 7.65. The number of para-hydroxylation sites is 1. The van der Waals surface area contributed by atoms with E-state index < -0.39 is 0 Å². The first kappa shape index (κ1) is 20.1. The molecule has 7 nitrogen and oxygen atoms in total. The number of aryl methyl sites for hydroxylation is 3. The molecule has 160 valence electrons. The summed E-state index contributed by atoms with van der Waals surface area (Å²) in [6.07, 6.45) is 6.14. The van der Waals surface area contributed by atoms with Gasteiger partial charge >= 0.3 is 0 Å². The minimum atomic E-state index is -0.0783. The van der Waals surface area contributed by atoms with E-state index in [0.717, 1.165) is 44.8 Å². The number of fused-ring (bicyclic) bond motifs is 4. The van der Waals surface area contributed by atoms with Crippen LogP contribution in [0.25, 0.3) is 20.4 Å². The molecule has 0 saturated heterocycles. The Hall–Kier alpha value is -2.78. The maximum Gasteiger partial charge on any atom is 0.262 e. The Bertz CT molecular complexity index is 1270. The van der Waals surface area contributed by atoms with Gasteiger partial charge in [-0.2, -0.15) is 0 Å². The van der Waals surface area contributed by atoms with Crippen molar-refractivity contribution in [3.8, 4) is 0 Å². The Morgan fingerprint density at radius 2 is 2.00 bits per heavy atom. The van der Waals surface area contributed by atoms with Crippen LogP contribution in [0.1, 0.15) is 29.7 Å². The van der Waals surface area contributed by atoms with Crippen LogP contribution >= 0.6 is 22.7 Å². The summed E-state index contributed by atoms with van der Waals surface area (Å²) in [5, 5.41) is 7.76. The predicted molar refractivity (Wildman–Crippen MR) is 126 cm³/mol. The summed E-state index contributed by atoms with van der Waals surface area (Å²) in [6, 6.07) is 7.99. The van der Waals surface area contributed by atoms with Crippen molar-refractivity contribution < 1.29 is 4.79 Å². The maximum absolute atomic E-state index is 12.9. The molecule has 2 N–H and O–H groups in total. The van der Waals surface area contributed by atoms with Crippen molar-refractivity contribution in [3.05, 3.63) is 51.4 Å². The molecule has 0 atom stereocenters. The summed E-state index contributed by atoms with van der Waals surface area (Å²) < 4.78 is 2.71. The van der Waals surface area contributed by atoms with E-state index in [9.17, 15) is 9.59 Å². The second-order valence-corrected chi connectivity index (χ2v) is 9.76. The van der Waals surface area contributed by atoms with Crippen LogP contribution in [-0.2, 0) is 24.2 Å². The average Bonchev–Trinajstić information content (AvgIpc) is 3.37. The molecule has 0 fully saturated rings. The van der Waals surface area contributed by atoms with Gasteiger partial charge in [-0.1, -0.05) is 23.5 Å². The van der Waals surface area contributed by atoms with Crippen LogP contribution in [-0.4, -0.2) is 33.5 Å². The van der Waals surface area contributed by atoms with Crippen molar-refractivity contribution in [2.45, 2.75) is 38.6 Å². The summed E-state index contributed by atoms with van der Waals surface area (Å²) in [6.45, 7) is 1.43. The number of rotatable bonds is 7. The lowest BCUT2D eigenvalue weighted by atomic mass is 9.97. The SMILES string of the molecule is O=C(CCn1cnc2sc3c(c2c1=O)CCCC3)NCCNc1nc2ccccc2s1. The highest BCUT2D eigenvalue weighted by molar-refractivity contribution is 7.22. The van der Waals surface area contributed by atoms with E-state index in [1.807, 2.05) is 24.3 Å². The first-order valence-electron chi connectivity index (χ1n) is 10.5. The van der Waals surface area contributed by atoms with Gasteiger partial charge in [0.15, 0.2) is 5.13 Å². The van der Waals surface area contributed by atoms with Crippen molar-refractivity contribution in [2.24, 2.45) is 0 Å². The average molecular weight is 454 g/mol. The summed E-state index contributed by atoms with van der Waals surface area (Å²) >= 11 is 3.24. The monoisotopic (exact) mass is 453 g/mol. The molecular formula is C22H23N5O2S2. The van der Waals surface area contributed by atoms with Crippen LogP contribution in [0.4, 0.5) is 5.13 Å². The smallest absolute Gasteiger partial charge is 0.262 e. The summed E-state index contributed by atoms with van der Waals surface area (Å²) in [5.41, 5.74) is 2.14. The van der Waals surface area contributed by atoms with Gasteiger partial charge in [0.2, 0.25) is 5.91 Å². The number of hydrogen-bond donors (Lipinski definition) is 2. The molecule has 0 spiro atoms. The molecule has 5 rings (SSSR count). The van der Waals surface area contributed by atoms with Crippen molar-refractivity contribution in [3.63, 3.8) is 0 Å². The van der Waals surface area contributed by atoms with E-state index in [1.54, 1.807) is 33.6 Å². The number of carbonyl (C=O) groups excluding carboxylic acids is 1. The topological polar surface area (TPSA) is 88.9 Å². The lowest BCUT2D eigenvalue weighted by Crippen LogP contribution is -2.31. The predicted octanol–water partition coefficient (Wildman–Crippen LogP) is 3.56. The van der Waals surface area contributed by atoms with Crippen molar-refractivity contribution in [2.75, 3.05) is 18.4 Å². The molecule has 0 unspecified atom stereocenters. The number of thiophene rings is 1.